The number of benzene rings is 1. The molecule has 7 nitrogen and oxygen atoms in total. The molecule has 1 aromatic carbocycles. The molecule has 28 heavy (non-hydrogen) atoms. The molecule has 0 aliphatic carbocycles. The number of hydrogen-bond acceptors (Lipinski definition) is 5. The van der Waals surface area contributed by atoms with Crippen molar-refractivity contribution in [3.63, 3.8) is 0 Å². The van der Waals surface area contributed by atoms with Crippen LogP contribution in [0.5, 0.6) is 0 Å². The Morgan fingerprint density at radius 1 is 1.25 bits per heavy atom. The summed E-state index contributed by atoms with van der Waals surface area (Å²) in [5, 5.41) is 14.6. The van der Waals surface area contributed by atoms with Crippen molar-refractivity contribution in [2.45, 2.75) is 50.7 Å². The topological polar surface area (TPSA) is 81.1 Å². The third-order valence-electron chi connectivity index (χ3n) is 5.79. The van der Waals surface area contributed by atoms with E-state index < -0.39 is 5.60 Å². The standard InChI is InChI=1S/C20H26FN5O2/c1-28-20(8-10-22-11-9-20)19(27)23-14-6-7-16(21)15(13-14)18-25-24-17-5-3-2-4-12-26(17)18/h6-7,13,22H,2-5,8-12H2,1H3,(H,23,27). The summed E-state index contributed by atoms with van der Waals surface area (Å²) in [5.74, 6) is 0.845. The zero-order chi connectivity index (χ0) is 19.6. The van der Waals surface area contributed by atoms with Gasteiger partial charge in [-0.05, 0) is 57.0 Å². The van der Waals surface area contributed by atoms with E-state index in [9.17, 15) is 9.18 Å². The summed E-state index contributed by atoms with van der Waals surface area (Å²) in [6.45, 7) is 2.23. The molecule has 0 spiro atoms. The molecule has 0 atom stereocenters. The molecule has 1 amide bonds. The van der Waals surface area contributed by atoms with E-state index in [1.165, 1.54) is 6.07 Å². The minimum Gasteiger partial charge on any atom is -0.368 e. The van der Waals surface area contributed by atoms with E-state index in [4.69, 9.17) is 4.74 Å². The maximum Gasteiger partial charge on any atom is 0.256 e. The van der Waals surface area contributed by atoms with Gasteiger partial charge in [0.05, 0.1) is 5.56 Å². The summed E-state index contributed by atoms with van der Waals surface area (Å²) in [4.78, 5) is 12.9. The van der Waals surface area contributed by atoms with Gasteiger partial charge in [-0.1, -0.05) is 6.42 Å². The number of hydrogen-bond donors (Lipinski definition) is 2. The molecule has 0 radical (unpaired) electrons. The average Bonchev–Trinajstić information content (AvgIpc) is 2.97. The van der Waals surface area contributed by atoms with Gasteiger partial charge in [0.25, 0.3) is 5.91 Å². The second-order valence-electron chi connectivity index (χ2n) is 7.50. The Kier molecular flexibility index (Phi) is 5.41. The predicted octanol–water partition coefficient (Wildman–Crippen LogP) is 2.52. The van der Waals surface area contributed by atoms with E-state index in [0.29, 0.717) is 29.9 Å². The lowest BCUT2D eigenvalue weighted by Gasteiger charge is -2.34. The van der Waals surface area contributed by atoms with Crippen LogP contribution in [0.2, 0.25) is 0 Å². The van der Waals surface area contributed by atoms with Crippen molar-refractivity contribution >= 4 is 11.6 Å². The number of rotatable bonds is 4. The van der Waals surface area contributed by atoms with Crippen LogP contribution >= 0.6 is 0 Å². The molecule has 0 bridgehead atoms. The fourth-order valence-electron chi connectivity index (χ4n) is 4.06. The number of carbonyl (C=O) groups is 1. The molecule has 8 heteroatoms. The van der Waals surface area contributed by atoms with Crippen LogP contribution in [0.4, 0.5) is 10.1 Å². The molecule has 1 saturated heterocycles. The number of piperidine rings is 1. The molecule has 1 aromatic heterocycles. The van der Waals surface area contributed by atoms with E-state index in [1.54, 1.807) is 19.2 Å². The average molecular weight is 387 g/mol. The van der Waals surface area contributed by atoms with Crippen molar-refractivity contribution in [3.8, 4) is 11.4 Å². The van der Waals surface area contributed by atoms with Crippen LogP contribution in [-0.4, -0.2) is 46.5 Å². The molecule has 0 unspecified atom stereocenters. The molecular weight excluding hydrogens is 361 g/mol. The van der Waals surface area contributed by atoms with Gasteiger partial charge < -0.3 is 19.9 Å². The number of nitrogens with zero attached hydrogens (tertiary/aromatic N) is 3. The van der Waals surface area contributed by atoms with Gasteiger partial charge in [0.15, 0.2) is 5.82 Å². The van der Waals surface area contributed by atoms with Crippen molar-refractivity contribution in [3.05, 3.63) is 29.8 Å². The van der Waals surface area contributed by atoms with Crippen LogP contribution in [0, 0.1) is 5.82 Å². The van der Waals surface area contributed by atoms with Crippen LogP contribution < -0.4 is 10.6 Å². The first-order valence-electron chi connectivity index (χ1n) is 9.92. The highest BCUT2D eigenvalue weighted by atomic mass is 19.1. The molecular formula is C20H26FN5O2. The zero-order valence-electron chi connectivity index (χ0n) is 16.1. The first-order chi connectivity index (χ1) is 13.6. The normalized spacial score (nSPS) is 18.9. The fourth-order valence-corrected chi connectivity index (χ4v) is 4.06. The number of aryl methyl sites for hydroxylation is 1. The van der Waals surface area contributed by atoms with Gasteiger partial charge in [-0.3, -0.25) is 4.79 Å². The Morgan fingerprint density at radius 3 is 2.86 bits per heavy atom. The highest BCUT2D eigenvalue weighted by molar-refractivity contribution is 5.97. The SMILES string of the molecule is COC1(C(=O)Nc2ccc(F)c(-c3nnc4n3CCCCC4)c2)CCNCC1. The molecule has 2 aliphatic heterocycles. The van der Waals surface area contributed by atoms with Gasteiger partial charge in [0, 0.05) is 25.8 Å². The molecule has 0 saturated carbocycles. The fraction of sp³-hybridized carbons (Fsp3) is 0.550. The Labute approximate surface area is 163 Å². The maximum absolute atomic E-state index is 14.6. The van der Waals surface area contributed by atoms with Crippen LogP contribution in [0.1, 0.15) is 37.9 Å². The van der Waals surface area contributed by atoms with E-state index in [1.807, 2.05) is 4.57 Å². The third kappa shape index (κ3) is 3.54. The highest BCUT2D eigenvalue weighted by Gasteiger charge is 2.39. The summed E-state index contributed by atoms with van der Waals surface area (Å²) in [6.07, 6.45) is 5.29. The number of fused-ring (bicyclic) bond motifs is 1. The van der Waals surface area contributed by atoms with Crippen molar-refractivity contribution in [2.75, 3.05) is 25.5 Å². The second-order valence-corrected chi connectivity index (χ2v) is 7.50. The number of nitrogens with one attached hydrogen (secondary N) is 2. The van der Waals surface area contributed by atoms with Gasteiger partial charge in [-0.15, -0.1) is 10.2 Å². The Balaban J connectivity index is 1.61. The van der Waals surface area contributed by atoms with Gasteiger partial charge in [-0.25, -0.2) is 4.39 Å². The van der Waals surface area contributed by atoms with Crippen molar-refractivity contribution < 1.29 is 13.9 Å². The number of anilines is 1. The quantitative estimate of drug-likeness (QED) is 0.843. The number of carbonyl (C=O) groups excluding carboxylic acids is 1. The van der Waals surface area contributed by atoms with Crippen molar-refractivity contribution in [2.24, 2.45) is 0 Å². The molecule has 1 fully saturated rings. The molecule has 2 aromatic rings. The zero-order valence-corrected chi connectivity index (χ0v) is 16.1. The minimum absolute atomic E-state index is 0.200. The molecule has 3 heterocycles. The van der Waals surface area contributed by atoms with E-state index in [-0.39, 0.29) is 11.7 Å². The van der Waals surface area contributed by atoms with Crippen molar-refractivity contribution in [1.29, 1.82) is 0 Å². The molecule has 2 aliphatic rings. The van der Waals surface area contributed by atoms with E-state index >= 15 is 0 Å². The van der Waals surface area contributed by atoms with Gasteiger partial charge in [0.1, 0.15) is 17.2 Å². The summed E-state index contributed by atoms with van der Waals surface area (Å²) >= 11 is 0. The Morgan fingerprint density at radius 2 is 2.07 bits per heavy atom. The lowest BCUT2D eigenvalue weighted by atomic mass is 9.91. The second kappa shape index (κ2) is 7.97. The third-order valence-corrected chi connectivity index (χ3v) is 5.79. The molecule has 4 rings (SSSR count). The van der Waals surface area contributed by atoms with Crippen LogP contribution in [0.3, 0.4) is 0 Å². The van der Waals surface area contributed by atoms with Gasteiger partial charge in [0.2, 0.25) is 0 Å². The summed E-state index contributed by atoms with van der Waals surface area (Å²) in [5.41, 5.74) is 0.0312. The summed E-state index contributed by atoms with van der Waals surface area (Å²) < 4.78 is 22.2. The lowest BCUT2D eigenvalue weighted by molar-refractivity contribution is -0.140. The van der Waals surface area contributed by atoms with Gasteiger partial charge in [-0.2, -0.15) is 0 Å². The Hall–Kier alpha value is -2.32. The lowest BCUT2D eigenvalue weighted by Crippen LogP contribution is -2.51. The van der Waals surface area contributed by atoms with Crippen LogP contribution in [-0.2, 0) is 22.5 Å². The largest absolute Gasteiger partial charge is 0.368 e. The van der Waals surface area contributed by atoms with E-state index in [0.717, 1.165) is 51.1 Å². The number of halogens is 1. The maximum atomic E-state index is 14.6. The smallest absolute Gasteiger partial charge is 0.256 e. The van der Waals surface area contributed by atoms with Crippen molar-refractivity contribution in [1.82, 2.24) is 20.1 Å². The van der Waals surface area contributed by atoms with Crippen LogP contribution in [0.15, 0.2) is 18.2 Å². The number of amides is 1. The molecule has 150 valence electrons. The van der Waals surface area contributed by atoms with Crippen LogP contribution in [0.25, 0.3) is 11.4 Å². The van der Waals surface area contributed by atoms with E-state index in [2.05, 4.69) is 20.8 Å². The summed E-state index contributed by atoms with van der Waals surface area (Å²) in [7, 11) is 1.56. The molecule has 2 N–H and O–H groups in total. The van der Waals surface area contributed by atoms with Gasteiger partial charge >= 0.3 is 0 Å². The minimum atomic E-state index is -0.855. The highest BCUT2D eigenvalue weighted by Crippen LogP contribution is 2.29. The first-order valence-corrected chi connectivity index (χ1v) is 9.92. The number of methoxy groups -OCH3 is 1. The Bertz CT molecular complexity index is 860. The summed E-state index contributed by atoms with van der Waals surface area (Å²) in [6, 6.07) is 4.58. The first kappa shape index (κ1) is 19.0. The monoisotopic (exact) mass is 387 g/mol. The predicted molar refractivity (Wildman–Crippen MR) is 103 cm³/mol. The number of aromatic nitrogens is 3. The number of ether oxygens (including phenoxy) is 1.